The third-order valence-electron chi connectivity index (χ3n) is 4.80. The van der Waals surface area contributed by atoms with Crippen LogP contribution in [0.5, 0.6) is 5.75 Å². The molecule has 0 saturated carbocycles. The van der Waals surface area contributed by atoms with Crippen LogP contribution in [0, 0.1) is 24.0 Å². The number of non-ortho nitro benzene ring substituents is 1. The van der Waals surface area contributed by atoms with Gasteiger partial charge >= 0.3 is 5.97 Å². The van der Waals surface area contributed by atoms with E-state index < -0.39 is 4.92 Å². The van der Waals surface area contributed by atoms with E-state index in [0.717, 1.165) is 22.6 Å². The maximum atomic E-state index is 12.1. The Morgan fingerprint density at radius 2 is 1.97 bits per heavy atom. The van der Waals surface area contributed by atoms with E-state index in [1.54, 1.807) is 25.3 Å². The molecule has 0 atom stereocenters. The zero-order chi connectivity index (χ0) is 22.5. The number of hydrogen-bond donors (Lipinski definition) is 0. The largest absolute Gasteiger partial charge is 0.494 e. The minimum atomic E-state index is -0.471. The molecular weight excluding hydrogens is 398 g/mol. The number of methoxy groups -OCH3 is 1. The number of aliphatic imine (C=N–C) groups is 1. The number of rotatable bonds is 7. The van der Waals surface area contributed by atoms with Crippen LogP contribution in [0.3, 0.4) is 0 Å². The van der Waals surface area contributed by atoms with Crippen LogP contribution in [0.25, 0.3) is 5.69 Å². The van der Waals surface area contributed by atoms with Gasteiger partial charge in [0.2, 0.25) is 0 Å². The lowest BCUT2D eigenvalue weighted by molar-refractivity contribution is -0.384. The van der Waals surface area contributed by atoms with Crippen LogP contribution in [-0.2, 0) is 4.74 Å². The smallest absolute Gasteiger partial charge is 0.338 e. The highest BCUT2D eigenvalue weighted by Crippen LogP contribution is 2.31. The highest BCUT2D eigenvalue weighted by molar-refractivity contribution is 5.90. The molecule has 0 bridgehead atoms. The van der Waals surface area contributed by atoms with Crippen molar-refractivity contribution in [2.24, 2.45) is 4.99 Å². The average molecular weight is 421 g/mol. The van der Waals surface area contributed by atoms with E-state index in [9.17, 15) is 14.9 Å². The van der Waals surface area contributed by atoms with Crippen molar-refractivity contribution in [3.63, 3.8) is 0 Å². The van der Waals surface area contributed by atoms with E-state index in [1.807, 2.05) is 36.6 Å². The summed E-state index contributed by atoms with van der Waals surface area (Å²) in [5.74, 6) is 0.0733. The molecular formula is C23H23N3O5. The van der Waals surface area contributed by atoms with Gasteiger partial charge in [0.05, 0.1) is 24.2 Å². The molecule has 31 heavy (non-hydrogen) atoms. The standard InChI is InChI=1S/C23H23N3O5/c1-5-31-23(27)17-7-6-8-19(12-17)25-15(2)11-18(16(25)3)14-24-21-13-20(26(28)29)9-10-22(21)30-4/h6-14H,5H2,1-4H3. The van der Waals surface area contributed by atoms with Gasteiger partial charge < -0.3 is 14.0 Å². The molecule has 3 aromatic rings. The first-order valence-electron chi connectivity index (χ1n) is 9.68. The molecule has 2 aromatic carbocycles. The molecule has 1 heterocycles. The van der Waals surface area contributed by atoms with Crippen LogP contribution in [0.4, 0.5) is 11.4 Å². The molecule has 1 aromatic heterocycles. The van der Waals surface area contributed by atoms with E-state index in [1.165, 1.54) is 25.3 Å². The fourth-order valence-corrected chi connectivity index (χ4v) is 3.33. The van der Waals surface area contributed by atoms with Crippen molar-refractivity contribution in [1.82, 2.24) is 4.57 Å². The number of carbonyl (C=O) groups excluding carboxylic acids is 1. The molecule has 8 nitrogen and oxygen atoms in total. The Morgan fingerprint density at radius 1 is 1.19 bits per heavy atom. The average Bonchev–Trinajstić information content (AvgIpc) is 3.05. The van der Waals surface area contributed by atoms with Gasteiger partial charge in [0.15, 0.2) is 0 Å². The topological polar surface area (TPSA) is 96.0 Å². The SMILES string of the molecule is CCOC(=O)c1cccc(-n2c(C)cc(C=Nc3cc([N+](=O)[O-])ccc3OC)c2C)c1. The molecule has 0 spiro atoms. The van der Waals surface area contributed by atoms with E-state index in [2.05, 4.69) is 4.99 Å². The zero-order valence-corrected chi connectivity index (χ0v) is 17.8. The van der Waals surface area contributed by atoms with Crippen molar-refractivity contribution >= 4 is 23.6 Å². The minimum Gasteiger partial charge on any atom is -0.494 e. The summed E-state index contributed by atoms with van der Waals surface area (Å²) in [6.45, 7) is 5.97. The Bertz CT molecular complexity index is 1160. The van der Waals surface area contributed by atoms with Gasteiger partial charge in [0, 0.05) is 41.0 Å². The molecule has 0 aliphatic rings. The van der Waals surface area contributed by atoms with Crippen molar-refractivity contribution in [2.75, 3.05) is 13.7 Å². The lowest BCUT2D eigenvalue weighted by Gasteiger charge is -2.11. The molecule has 0 unspecified atom stereocenters. The normalized spacial score (nSPS) is 11.0. The third-order valence-corrected chi connectivity index (χ3v) is 4.80. The highest BCUT2D eigenvalue weighted by Gasteiger charge is 2.14. The van der Waals surface area contributed by atoms with Crippen LogP contribution in [0.2, 0.25) is 0 Å². The first-order chi connectivity index (χ1) is 14.8. The van der Waals surface area contributed by atoms with Crippen molar-refractivity contribution in [2.45, 2.75) is 20.8 Å². The number of nitro groups is 1. The quantitative estimate of drug-likeness (QED) is 0.233. The van der Waals surface area contributed by atoms with Gasteiger partial charge in [-0.05, 0) is 51.1 Å². The summed E-state index contributed by atoms with van der Waals surface area (Å²) in [5, 5.41) is 11.1. The Kier molecular flexibility index (Phi) is 6.49. The van der Waals surface area contributed by atoms with Crippen molar-refractivity contribution < 1.29 is 19.2 Å². The van der Waals surface area contributed by atoms with Gasteiger partial charge in [-0.3, -0.25) is 15.1 Å². The molecule has 8 heteroatoms. The summed E-state index contributed by atoms with van der Waals surface area (Å²) in [4.78, 5) is 27.1. The Morgan fingerprint density at radius 3 is 2.65 bits per heavy atom. The van der Waals surface area contributed by atoms with Crippen LogP contribution in [-0.4, -0.2) is 35.4 Å². The molecule has 0 fully saturated rings. The summed E-state index contributed by atoms with van der Waals surface area (Å²) < 4.78 is 12.4. The Labute approximate surface area is 179 Å². The van der Waals surface area contributed by atoms with Crippen molar-refractivity contribution in [1.29, 1.82) is 0 Å². The van der Waals surface area contributed by atoms with Gasteiger partial charge in [-0.15, -0.1) is 0 Å². The zero-order valence-electron chi connectivity index (χ0n) is 17.8. The Balaban J connectivity index is 1.98. The van der Waals surface area contributed by atoms with Gasteiger partial charge in [-0.25, -0.2) is 4.79 Å². The fraction of sp³-hybridized carbons (Fsp3) is 0.217. The van der Waals surface area contributed by atoms with E-state index in [0.29, 0.717) is 23.6 Å². The summed E-state index contributed by atoms with van der Waals surface area (Å²) >= 11 is 0. The Hall–Kier alpha value is -3.94. The number of nitrogens with zero attached hydrogens (tertiary/aromatic N) is 3. The van der Waals surface area contributed by atoms with Gasteiger partial charge in [0.25, 0.3) is 5.69 Å². The number of carbonyl (C=O) groups is 1. The monoisotopic (exact) mass is 421 g/mol. The van der Waals surface area contributed by atoms with Crippen LogP contribution < -0.4 is 4.74 Å². The van der Waals surface area contributed by atoms with Crippen molar-refractivity contribution in [3.8, 4) is 11.4 Å². The van der Waals surface area contributed by atoms with E-state index in [4.69, 9.17) is 9.47 Å². The molecule has 0 amide bonds. The second kappa shape index (κ2) is 9.25. The summed E-state index contributed by atoms with van der Waals surface area (Å²) in [6, 6.07) is 13.4. The predicted molar refractivity (Wildman–Crippen MR) is 118 cm³/mol. The van der Waals surface area contributed by atoms with E-state index >= 15 is 0 Å². The third kappa shape index (κ3) is 4.63. The first kappa shape index (κ1) is 21.8. The number of aryl methyl sites for hydroxylation is 1. The molecule has 0 aliphatic carbocycles. The second-order valence-corrected chi connectivity index (χ2v) is 6.80. The predicted octanol–water partition coefficient (Wildman–Crippen LogP) is 4.94. The highest BCUT2D eigenvalue weighted by atomic mass is 16.6. The maximum Gasteiger partial charge on any atom is 0.338 e. The second-order valence-electron chi connectivity index (χ2n) is 6.80. The lowest BCUT2D eigenvalue weighted by atomic mass is 10.2. The summed E-state index contributed by atoms with van der Waals surface area (Å²) in [7, 11) is 1.49. The van der Waals surface area contributed by atoms with Gasteiger partial charge in [0.1, 0.15) is 11.4 Å². The number of nitro benzene ring substituents is 1. The van der Waals surface area contributed by atoms with E-state index in [-0.39, 0.29) is 11.7 Å². The number of esters is 1. The molecule has 0 N–H and O–H groups in total. The molecule has 0 radical (unpaired) electrons. The molecule has 160 valence electrons. The number of ether oxygens (including phenoxy) is 2. The minimum absolute atomic E-state index is 0.0609. The number of aromatic nitrogens is 1. The fourth-order valence-electron chi connectivity index (χ4n) is 3.33. The first-order valence-corrected chi connectivity index (χ1v) is 9.68. The molecule has 0 saturated heterocycles. The maximum absolute atomic E-state index is 12.1. The van der Waals surface area contributed by atoms with Crippen LogP contribution in [0.15, 0.2) is 53.5 Å². The summed E-state index contributed by atoms with van der Waals surface area (Å²) in [6.07, 6.45) is 1.65. The molecule has 3 rings (SSSR count). The van der Waals surface area contributed by atoms with Gasteiger partial charge in [-0.1, -0.05) is 6.07 Å². The summed E-state index contributed by atoms with van der Waals surface area (Å²) in [5.41, 5.74) is 4.31. The van der Waals surface area contributed by atoms with Crippen LogP contribution in [0.1, 0.15) is 34.2 Å². The molecule has 0 aliphatic heterocycles. The number of benzene rings is 2. The van der Waals surface area contributed by atoms with Crippen LogP contribution >= 0.6 is 0 Å². The van der Waals surface area contributed by atoms with Crippen molar-refractivity contribution in [3.05, 3.63) is 81.2 Å². The van der Waals surface area contributed by atoms with Gasteiger partial charge in [-0.2, -0.15) is 0 Å². The lowest BCUT2D eigenvalue weighted by Crippen LogP contribution is -2.06. The number of hydrogen-bond acceptors (Lipinski definition) is 6.